The van der Waals surface area contributed by atoms with Crippen LogP contribution in [0.1, 0.15) is 53.4 Å². The molecule has 5 nitrogen and oxygen atoms in total. The van der Waals surface area contributed by atoms with E-state index < -0.39 is 0 Å². The van der Waals surface area contributed by atoms with Crippen LogP contribution in [0.4, 0.5) is 0 Å². The Kier molecular flexibility index (Phi) is 4.12. The summed E-state index contributed by atoms with van der Waals surface area (Å²) in [6.07, 6.45) is 4.29. The van der Waals surface area contributed by atoms with E-state index in [0.717, 1.165) is 24.8 Å². The fraction of sp³-hybridized carbons (Fsp3) is 0.727. The number of fused-ring (bicyclic) bond motifs is 5. The molecule has 3 aliphatic carbocycles. The Morgan fingerprint density at radius 2 is 2.07 bits per heavy atom. The zero-order valence-electron chi connectivity index (χ0n) is 16.7. The largest absolute Gasteiger partial charge is 0.462 e. The summed E-state index contributed by atoms with van der Waals surface area (Å²) in [5.74, 6) is -0.467. The maximum atomic E-state index is 12.2. The standard InChI is InChI=1S/C22H30O5/c1-11-14-10-15(26-12(2)23)18-13(19(14)27-20(11)25)6-7-16-21(3,4)17(24)8-9-22(16,18)5/h6,14-19,24H,1,7-10H2,2-5H3/t14-,15-,16+,17-,18-,19-,22+/m1/s1. The van der Waals surface area contributed by atoms with Crippen molar-refractivity contribution in [3.8, 4) is 0 Å². The molecule has 0 amide bonds. The van der Waals surface area contributed by atoms with Gasteiger partial charge in [-0.05, 0) is 48.0 Å². The average Bonchev–Trinajstić information content (AvgIpc) is 2.86. The molecule has 3 fully saturated rings. The molecule has 0 spiro atoms. The molecule has 4 aliphatic rings. The molecule has 0 aromatic rings. The van der Waals surface area contributed by atoms with Crippen LogP contribution in [0.5, 0.6) is 0 Å². The zero-order chi connectivity index (χ0) is 19.7. The summed E-state index contributed by atoms with van der Waals surface area (Å²) >= 11 is 0. The first kappa shape index (κ1) is 18.7. The summed E-state index contributed by atoms with van der Waals surface area (Å²) in [4.78, 5) is 24.0. The minimum absolute atomic E-state index is 0.00637. The first-order valence-electron chi connectivity index (χ1n) is 10.0. The smallest absolute Gasteiger partial charge is 0.334 e. The van der Waals surface area contributed by atoms with Crippen LogP contribution in [0.25, 0.3) is 0 Å². The van der Waals surface area contributed by atoms with Crippen molar-refractivity contribution >= 4 is 11.9 Å². The molecule has 4 rings (SSSR count). The van der Waals surface area contributed by atoms with E-state index in [1.165, 1.54) is 6.92 Å². The lowest BCUT2D eigenvalue weighted by atomic mass is 9.45. The van der Waals surface area contributed by atoms with E-state index in [4.69, 9.17) is 9.47 Å². The van der Waals surface area contributed by atoms with Crippen molar-refractivity contribution in [1.29, 1.82) is 0 Å². The minimum atomic E-state index is -0.335. The molecule has 148 valence electrons. The second kappa shape index (κ2) is 5.94. The first-order valence-corrected chi connectivity index (χ1v) is 10.0. The van der Waals surface area contributed by atoms with Gasteiger partial charge < -0.3 is 14.6 Å². The second-order valence-electron chi connectivity index (χ2n) is 9.69. The number of carbonyl (C=O) groups excluding carboxylic acids is 2. The van der Waals surface area contributed by atoms with Crippen LogP contribution >= 0.6 is 0 Å². The Morgan fingerprint density at radius 3 is 2.74 bits per heavy atom. The van der Waals surface area contributed by atoms with E-state index in [2.05, 4.69) is 33.4 Å². The van der Waals surface area contributed by atoms with E-state index in [-0.39, 0.29) is 58.8 Å². The van der Waals surface area contributed by atoms with Gasteiger partial charge in [0.1, 0.15) is 12.2 Å². The molecular formula is C22H30O5. The summed E-state index contributed by atoms with van der Waals surface area (Å²) < 4.78 is 11.5. The number of carbonyl (C=O) groups is 2. The summed E-state index contributed by atoms with van der Waals surface area (Å²) in [5.41, 5.74) is 1.25. The Balaban J connectivity index is 1.80. The van der Waals surface area contributed by atoms with Crippen molar-refractivity contribution in [1.82, 2.24) is 0 Å². The van der Waals surface area contributed by atoms with E-state index in [9.17, 15) is 14.7 Å². The molecule has 0 aromatic heterocycles. The topological polar surface area (TPSA) is 72.8 Å². The van der Waals surface area contributed by atoms with Gasteiger partial charge in [0.25, 0.3) is 0 Å². The van der Waals surface area contributed by atoms with Crippen LogP contribution in [0, 0.1) is 28.6 Å². The highest BCUT2D eigenvalue weighted by atomic mass is 16.6. The predicted molar refractivity (Wildman–Crippen MR) is 99.5 cm³/mol. The lowest BCUT2D eigenvalue weighted by Crippen LogP contribution is -2.59. The molecule has 1 aliphatic heterocycles. The summed E-state index contributed by atoms with van der Waals surface area (Å²) in [7, 11) is 0. The summed E-state index contributed by atoms with van der Waals surface area (Å²) in [5, 5.41) is 10.6. The summed E-state index contributed by atoms with van der Waals surface area (Å²) in [6, 6.07) is 0. The molecule has 1 heterocycles. The molecule has 0 aromatic carbocycles. The van der Waals surface area contributed by atoms with Gasteiger partial charge in [-0.3, -0.25) is 4.79 Å². The predicted octanol–water partition coefficient (Wildman–Crippen LogP) is 3.17. The van der Waals surface area contributed by atoms with Crippen LogP contribution in [0.2, 0.25) is 0 Å². The summed E-state index contributed by atoms with van der Waals surface area (Å²) in [6.45, 7) is 11.9. The van der Waals surface area contributed by atoms with Gasteiger partial charge in [-0.25, -0.2) is 4.79 Å². The fourth-order valence-electron chi connectivity index (χ4n) is 6.60. The number of aliphatic hydroxyl groups is 1. The van der Waals surface area contributed by atoms with Gasteiger partial charge in [-0.15, -0.1) is 0 Å². The number of ether oxygens (including phenoxy) is 2. The van der Waals surface area contributed by atoms with E-state index >= 15 is 0 Å². The Bertz CT molecular complexity index is 735. The van der Waals surface area contributed by atoms with Crippen LogP contribution in [0.15, 0.2) is 23.8 Å². The third kappa shape index (κ3) is 2.54. The average molecular weight is 374 g/mol. The van der Waals surface area contributed by atoms with Gasteiger partial charge in [-0.2, -0.15) is 0 Å². The van der Waals surface area contributed by atoms with Gasteiger partial charge in [0.05, 0.1) is 6.10 Å². The minimum Gasteiger partial charge on any atom is -0.462 e. The molecule has 1 N–H and O–H groups in total. The quantitative estimate of drug-likeness (QED) is 0.434. The molecule has 2 saturated carbocycles. The Labute approximate surface area is 160 Å². The van der Waals surface area contributed by atoms with Crippen LogP contribution < -0.4 is 0 Å². The van der Waals surface area contributed by atoms with Crippen molar-refractivity contribution in [3.63, 3.8) is 0 Å². The van der Waals surface area contributed by atoms with Gasteiger partial charge in [0.2, 0.25) is 0 Å². The Hall–Kier alpha value is -1.62. The SMILES string of the molecule is C=C1C(=O)O[C@@H]2C3=CC[C@H]4C(C)(C)[C@H](O)CC[C@]4(C)[C@H]3[C@H](OC(C)=O)C[C@H]12. The number of allylic oxidation sites excluding steroid dienone is 1. The van der Waals surface area contributed by atoms with Crippen LogP contribution in [-0.2, 0) is 19.1 Å². The van der Waals surface area contributed by atoms with Crippen molar-refractivity contribution in [3.05, 3.63) is 23.8 Å². The highest BCUT2D eigenvalue weighted by Crippen LogP contribution is 2.64. The fourth-order valence-corrected chi connectivity index (χ4v) is 6.60. The van der Waals surface area contributed by atoms with Crippen molar-refractivity contribution in [2.45, 2.75) is 71.7 Å². The van der Waals surface area contributed by atoms with E-state index in [1.807, 2.05) is 0 Å². The zero-order valence-corrected chi connectivity index (χ0v) is 16.7. The molecule has 0 bridgehead atoms. The number of hydrogen-bond acceptors (Lipinski definition) is 5. The van der Waals surface area contributed by atoms with Gasteiger partial charge in [0.15, 0.2) is 0 Å². The van der Waals surface area contributed by atoms with Gasteiger partial charge in [-0.1, -0.05) is 33.4 Å². The van der Waals surface area contributed by atoms with E-state index in [1.54, 1.807) is 0 Å². The molecule has 0 radical (unpaired) electrons. The highest BCUT2D eigenvalue weighted by molar-refractivity contribution is 5.91. The van der Waals surface area contributed by atoms with Crippen molar-refractivity contribution in [2.24, 2.45) is 28.6 Å². The number of aliphatic hydroxyl groups excluding tert-OH is 1. The second-order valence-corrected chi connectivity index (χ2v) is 9.69. The van der Waals surface area contributed by atoms with Crippen molar-refractivity contribution in [2.75, 3.05) is 0 Å². The molecule has 5 heteroatoms. The lowest BCUT2D eigenvalue weighted by Gasteiger charge is -2.61. The van der Waals surface area contributed by atoms with E-state index in [0.29, 0.717) is 12.0 Å². The number of esters is 2. The highest BCUT2D eigenvalue weighted by Gasteiger charge is 2.62. The molecule has 1 saturated heterocycles. The Morgan fingerprint density at radius 1 is 1.37 bits per heavy atom. The maximum absolute atomic E-state index is 12.2. The molecular weight excluding hydrogens is 344 g/mol. The van der Waals surface area contributed by atoms with Crippen molar-refractivity contribution < 1.29 is 24.2 Å². The molecule has 27 heavy (non-hydrogen) atoms. The van der Waals surface area contributed by atoms with Crippen LogP contribution in [-0.4, -0.2) is 35.4 Å². The normalized spacial score (nSPS) is 45.1. The monoisotopic (exact) mass is 374 g/mol. The molecule has 7 atom stereocenters. The molecule has 0 unspecified atom stereocenters. The third-order valence-electron chi connectivity index (χ3n) is 7.98. The number of rotatable bonds is 1. The van der Waals surface area contributed by atoms with Gasteiger partial charge in [0, 0.05) is 24.3 Å². The lowest BCUT2D eigenvalue weighted by molar-refractivity contribution is -0.172. The third-order valence-corrected chi connectivity index (χ3v) is 7.98. The maximum Gasteiger partial charge on any atom is 0.334 e. The van der Waals surface area contributed by atoms with Crippen LogP contribution in [0.3, 0.4) is 0 Å². The number of hydrogen-bond donors (Lipinski definition) is 1. The first-order chi connectivity index (χ1) is 12.6. The van der Waals surface area contributed by atoms with Gasteiger partial charge >= 0.3 is 11.9 Å².